The summed E-state index contributed by atoms with van der Waals surface area (Å²) < 4.78 is 20.9. The van der Waals surface area contributed by atoms with E-state index in [9.17, 15) is 24.3 Å². The van der Waals surface area contributed by atoms with Crippen LogP contribution in [0.5, 0.6) is 0 Å². The number of aliphatic hydroxyl groups excluding tert-OH is 1. The van der Waals surface area contributed by atoms with Crippen LogP contribution in [0.15, 0.2) is 29.8 Å². The summed E-state index contributed by atoms with van der Waals surface area (Å²) in [5, 5.41) is 24.5. The highest BCUT2D eigenvalue weighted by Gasteiger charge is 2.44. The number of hydrogen-bond donors (Lipinski definition) is 4. The van der Waals surface area contributed by atoms with E-state index in [0.29, 0.717) is 0 Å². The SMILES string of the molecule is Cc1ncsc1-c1ccc(CNC(=O)[C@@H]2CC(O)CN2C(=O)[C@@H](NC(=O)COCCOCCOCCOCC(=O)O)C(C)(C)C)cc1. The average molecular weight is 679 g/mol. The minimum absolute atomic E-state index is 0.0187. The summed E-state index contributed by atoms with van der Waals surface area (Å²) in [6.45, 7) is 8.28. The maximum atomic E-state index is 13.7. The van der Waals surface area contributed by atoms with Gasteiger partial charge in [0.15, 0.2) is 0 Å². The lowest BCUT2D eigenvalue weighted by Crippen LogP contribution is -2.58. The zero-order valence-electron chi connectivity index (χ0n) is 27.4. The first kappa shape index (κ1) is 38.0. The van der Waals surface area contributed by atoms with Crippen LogP contribution in [0.3, 0.4) is 0 Å². The van der Waals surface area contributed by atoms with Gasteiger partial charge in [-0.1, -0.05) is 45.0 Å². The van der Waals surface area contributed by atoms with Crippen molar-refractivity contribution in [2.24, 2.45) is 5.41 Å². The molecule has 3 atom stereocenters. The molecule has 0 spiro atoms. The number of benzene rings is 1. The minimum atomic E-state index is -1.04. The van der Waals surface area contributed by atoms with Gasteiger partial charge in [0.1, 0.15) is 25.3 Å². The Labute approximate surface area is 278 Å². The van der Waals surface area contributed by atoms with E-state index >= 15 is 0 Å². The van der Waals surface area contributed by atoms with E-state index in [1.165, 1.54) is 4.90 Å². The van der Waals surface area contributed by atoms with Gasteiger partial charge < -0.3 is 44.7 Å². The molecule has 1 aliphatic rings. The van der Waals surface area contributed by atoms with Gasteiger partial charge in [-0.3, -0.25) is 14.4 Å². The fraction of sp³-hybridized carbons (Fsp3) is 0.594. The van der Waals surface area contributed by atoms with Gasteiger partial charge in [0, 0.05) is 19.5 Å². The first-order chi connectivity index (χ1) is 22.4. The predicted molar refractivity (Wildman–Crippen MR) is 173 cm³/mol. The van der Waals surface area contributed by atoms with Gasteiger partial charge in [0.2, 0.25) is 17.7 Å². The van der Waals surface area contributed by atoms with Crippen LogP contribution < -0.4 is 10.6 Å². The lowest BCUT2D eigenvalue weighted by molar-refractivity contribution is -0.144. The van der Waals surface area contributed by atoms with Gasteiger partial charge in [0.05, 0.1) is 61.8 Å². The first-order valence-corrected chi connectivity index (χ1v) is 16.3. The monoisotopic (exact) mass is 678 g/mol. The maximum Gasteiger partial charge on any atom is 0.329 e. The van der Waals surface area contributed by atoms with E-state index in [0.717, 1.165) is 21.7 Å². The van der Waals surface area contributed by atoms with Crippen molar-refractivity contribution in [1.29, 1.82) is 0 Å². The van der Waals surface area contributed by atoms with Crippen molar-refractivity contribution < 1.29 is 48.3 Å². The second-order valence-corrected chi connectivity index (χ2v) is 13.0. The lowest BCUT2D eigenvalue weighted by Gasteiger charge is -2.35. The molecule has 0 radical (unpaired) electrons. The van der Waals surface area contributed by atoms with Crippen LogP contribution in [0.4, 0.5) is 0 Å². The van der Waals surface area contributed by atoms with Gasteiger partial charge in [-0.15, -0.1) is 11.3 Å². The third-order valence-electron chi connectivity index (χ3n) is 7.29. The van der Waals surface area contributed by atoms with E-state index in [-0.39, 0.29) is 78.3 Å². The van der Waals surface area contributed by atoms with Gasteiger partial charge in [-0.2, -0.15) is 0 Å². The van der Waals surface area contributed by atoms with Gasteiger partial charge in [-0.05, 0) is 23.5 Å². The van der Waals surface area contributed by atoms with Crippen molar-refractivity contribution >= 4 is 35.0 Å². The third-order valence-corrected chi connectivity index (χ3v) is 8.26. The number of carbonyl (C=O) groups is 4. The second-order valence-electron chi connectivity index (χ2n) is 12.2. The highest BCUT2D eigenvalue weighted by Crippen LogP contribution is 2.28. The van der Waals surface area contributed by atoms with Crippen molar-refractivity contribution in [2.45, 2.75) is 58.8 Å². The summed E-state index contributed by atoms with van der Waals surface area (Å²) in [5.74, 6) is -2.37. The molecule has 2 heterocycles. The van der Waals surface area contributed by atoms with Crippen LogP contribution in [-0.4, -0.2) is 121 Å². The van der Waals surface area contributed by atoms with E-state index in [4.69, 9.17) is 24.1 Å². The molecule has 2 aromatic rings. The van der Waals surface area contributed by atoms with E-state index in [1.807, 2.05) is 52.0 Å². The number of aryl methyl sites for hydroxylation is 1. The van der Waals surface area contributed by atoms with Gasteiger partial charge in [-0.25, -0.2) is 9.78 Å². The highest BCUT2D eigenvalue weighted by atomic mass is 32.1. The molecule has 0 saturated carbocycles. The van der Waals surface area contributed by atoms with Crippen LogP contribution in [-0.2, 0) is 44.7 Å². The summed E-state index contributed by atoms with van der Waals surface area (Å²) in [5.41, 5.74) is 4.01. The fourth-order valence-electron chi connectivity index (χ4n) is 4.87. The summed E-state index contributed by atoms with van der Waals surface area (Å²) >= 11 is 1.57. The summed E-state index contributed by atoms with van der Waals surface area (Å²) in [6.07, 6.45) is -0.773. The van der Waals surface area contributed by atoms with Crippen LogP contribution in [0, 0.1) is 12.3 Å². The number of nitrogens with zero attached hydrogens (tertiary/aromatic N) is 2. The number of nitrogens with one attached hydrogen (secondary N) is 2. The number of amides is 3. The Balaban J connectivity index is 1.43. The number of hydrogen-bond acceptors (Lipinski definition) is 11. The summed E-state index contributed by atoms with van der Waals surface area (Å²) in [7, 11) is 0. The molecule has 1 unspecified atom stereocenters. The molecular formula is C32H46N4O10S. The molecule has 14 nitrogen and oxygen atoms in total. The molecule has 4 N–H and O–H groups in total. The fourth-order valence-corrected chi connectivity index (χ4v) is 5.68. The summed E-state index contributed by atoms with van der Waals surface area (Å²) in [4.78, 5) is 56.8. The van der Waals surface area contributed by atoms with Crippen LogP contribution in [0.2, 0.25) is 0 Å². The Morgan fingerprint density at radius 3 is 2.13 bits per heavy atom. The van der Waals surface area contributed by atoms with Crippen molar-refractivity contribution in [3.05, 3.63) is 41.0 Å². The number of carboxylic acid groups (broad SMARTS) is 1. The zero-order chi connectivity index (χ0) is 34.4. The van der Waals surface area contributed by atoms with Crippen molar-refractivity contribution in [3.63, 3.8) is 0 Å². The number of ether oxygens (including phenoxy) is 4. The van der Waals surface area contributed by atoms with Crippen molar-refractivity contribution in [1.82, 2.24) is 20.5 Å². The molecule has 0 aliphatic carbocycles. The molecule has 47 heavy (non-hydrogen) atoms. The molecular weight excluding hydrogens is 632 g/mol. The number of thiazole rings is 1. The molecule has 1 aromatic heterocycles. The highest BCUT2D eigenvalue weighted by molar-refractivity contribution is 7.13. The standard InChI is InChI=1S/C32H46N4O10S/c1-21-28(47-20-34-21)23-7-5-22(6-8-23)16-33-30(41)25-15-24(37)17-36(25)31(42)29(32(2,3)4)35-26(38)18-45-13-11-43-9-10-44-12-14-46-19-27(39)40/h5-8,20,24-25,29,37H,9-19H2,1-4H3,(H,33,41)(H,35,38)(H,39,40)/t24?,25-,29+/m0/s1. The largest absolute Gasteiger partial charge is 0.480 e. The number of rotatable bonds is 19. The van der Waals surface area contributed by atoms with Crippen LogP contribution in [0.1, 0.15) is 38.4 Å². The molecule has 3 rings (SSSR count). The minimum Gasteiger partial charge on any atom is -0.480 e. The van der Waals surface area contributed by atoms with Gasteiger partial charge in [0.25, 0.3) is 0 Å². The number of carbonyl (C=O) groups excluding carboxylic acids is 3. The Morgan fingerprint density at radius 2 is 1.57 bits per heavy atom. The molecule has 1 aliphatic heterocycles. The number of aromatic nitrogens is 1. The number of carboxylic acids is 1. The molecule has 0 bridgehead atoms. The lowest BCUT2D eigenvalue weighted by atomic mass is 9.85. The summed E-state index contributed by atoms with van der Waals surface area (Å²) in [6, 6.07) is 5.98. The Morgan fingerprint density at radius 1 is 0.979 bits per heavy atom. The number of aliphatic carboxylic acids is 1. The smallest absolute Gasteiger partial charge is 0.329 e. The van der Waals surface area contributed by atoms with Crippen LogP contribution >= 0.6 is 11.3 Å². The maximum absolute atomic E-state index is 13.7. The molecule has 1 aromatic carbocycles. The Bertz CT molecular complexity index is 1310. The normalized spacial score (nSPS) is 17.0. The van der Waals surface area contributed by atoms with E-state index < -0.39 is 41.4 Å². The molecule has 3 amide bonds. The molecule has 1 fully saturated rings. The molecule has 1 saturated heterocycles. The third kappa shape index (κ3) is 12.6. The molecule has 15 heteroatoms. The topological polar surface area (TPSA) is 186 Å². The zero-order valence-corrected chi connectivity index (χ0v) is 28.2. The number of β-amino-alcohol motifs (C(OH)–C–C–N with tert-alkyl or cyclic N) is 1. The van der Waals surface area contributed by atoms with E-state index in [2.05, 4.69) is 15.6 Å². The van der Waals surface area contributed by atoms with E-state index in [1.54, 1.807) is 16.8 Å². The quantitative estimate of drug-likeness (QED) is 0.157. The Kier molecular flexibility index (Phi) is 15.2. The number of aliphatic hydroxyl groups is 1. The number of likely N-dealkylation sites (tertiary alicyclic amines) is 1. The predicted octanol–water partition coefficient (Wildman–Crippen LogP) is 1.38. The second kappa shape index (κ2) is 18.8. The first-order valence-electron chi connectivity index (χ1n) is 15.4. The Hall–Kier alpha value is -3.47. The van der Waals surface area contributed by atoms with Crippen LogP contribution in [0.25, 0.3) is 10.4 Å². The average Bonchev–Trinajstić information content (AvgIpc) is 3.63. The van der Waals surface area contributed by atoms with Crippen molar-refractivity contribution in [3.8, 4) is 10.4 Å². The van der Waals surface area contributed by atoms with Gasteiger partial charge >= 0.3 is 5.97 Å². The molecule has 260 valence electrons. The van der Waals surface area contributed by atoms with Crippen molar-refractivity contribution in [2.75, 3.05) is 59.4 Å².